The zero-order chi connectivity index (χ0) is 18.8. The molecule has 1 N–H and O–H groups in total. The van der Waals surface area contributed by atoms with Crippen LogP contribution >= 0.6 is 15.9 Å². The van der Waals surface area contributed by atoms with Crippen molar-refractivity contribution in [1.82, 2.24) is 10.2 Å². The molecule has 1 aliphatic rings. The Balaban J connectivity index is 1.98. The number of imide groups is 1. The number of rotatable bonds is 6. The van der Waals surface area contributed by atoms with Gasteiger partial charge < -0.3 is 10.1 Å². The maximum atomic E-state index is 12.3. The second kappa shape index (κ2) is 7.35. The van der Waals surface area contributed by atoms with Crippen molar-refractivity contribution in [1.29, 1.82) is 0 Å². The number of carbonyl (C=O) groups is 4. The van der Waals surface area contributed by atoms with Gasteiger partial charge in [0, 0.05) is 10.0 Å². The fourth-order valence-corrected chi connectivity index (χ4v) is 2.66. The molecule has 1 fully saturated rings. The molecule has 3 amide bonds. The number of urea groups is 1. The van der Waals surface area contributed by atoms with Crippen molar-refractivity contribution in [3.8, 4) is 0 Å². The zero-order valence-corrected chi connectivity index (χ0v) is 15.8. The third-order valence-corrected chi connectivity index (χ3v) is 4.67. The Hall–Kier alpha value is -2.22. The molecule has 0 unspecified atom stereocenters. The molecule has 0 aromatic heterocycles. The Morgan fingerprint density at radius 3 is 2.40 bits per heavy atom. The van der Waals surface area contributed by atoms with E-state index in [0.717, 1.165) is 9.37 Å². The van der Waals surface area contributed by atoms with Crippen LogP contribution in [0.5, 0.6) is 0 Å². The average Bonchev–Trinajstić information content (AvgIpc) is 2.78. The van der Waals surface area contributed by atoms with E-state index in [9.17, 15) is 19.2 Å². The lowest BCUT2D eigenvalue weighted by Crippen LogP contribution is -2.43. The maximum Gasteiger partial charge on any atom is 0.326 e. The van der Waals surface area contributed by atoms with E-state index in [2.05, 4.69) is 21.2 Å². The third-order valence-electron chi connectivity index (χ3n) is 4.15. The number of amides is 3. The van der Waals surface area contributed by atoms with Gasteiger partial charge in [0.2, 0.25) is 5.78 Å². The molecule has 1 heterocycles. The lowest BCUT2D eigenvalue weighted by atomic mass is 9.99. The molecule has 0 aliphatic carbocycles. The van der Waals surface area contributed by atoms with E-state index >= 15 is 0 Å². The number of hydrogen-bond acceptors (Lipinski definition) is 5. The van der Waals surface area contributed by atoms with E-state index in [1.54, 1.807) is 38.1 Å². The van der Waals surface area contributed by atoms with E-state index in [0.29, 0.717) is 12.0 Å². The second-order valence-electron chi connectivity index (χ2n) is 6.01. The van der Waals surface area contributed by atoms with Gasteiger partial charge >= 0.3 is 12.0 Å². The van der Waals surface area contributed by atoms with Gasteiger partial charge in [0.1, 0.15) is 12.1 Å². The van der Waals surface area contributed by atoms with Gasteiger partial charge in [-0.2, -0.15) is 0 Å². The SMILES string of the molecule is CC[C@]1(C)NC(=O)N(CC(=O)O[C@@H](C)C(=O)c2ccc(Br)cc2)C1=O. The number of carbonyl (C=O) groups excluding carboxylic acids is 4. The first-order valence-electron chi connectivity index (χ1n) is 7.81. The first-order valence-corrected chi connectivity index (χ1v) is 8.60. The summed E-state index contributed by atoms with van der Waals surface area (Å²) in [5, 5.41) is 2.55. The Kier molecular flexibility index (Phi) is 5.62. The molecule has 0 saturated carbocycles. The van der Waals surface area contributed by atoms with Crippen LogP contribution < -0.4 is 5.32 Å². The molecule has 1 aromatic carbocycles. The van der Waals surface area contributed by atoms with Crippen LogP contribution in [0.1, 0.15) is 37.6 Å². The molecule has 0 spiro atoms. The summed E-state index contributed by atoms with van der Waals surface area (Å²) in [6, 6.07) is 6.00. The monoisotopic (exact) mass is 410 g/mol. The van der Waals surface area contributed by atoms with Gasteiger partial charge in [-0.3, -0.25) is 19.3 Å². The van der Waals surface area contributed by atoms with E-state index in [1.807, 2.05) is 0 Å². The summed E-state index contributed by atoms with van der Waals surface area (Å²) in [5.74, 6) is -1.66. The van der Waals surface area contributed by atoms with Crippen molar-refractivity contribution in [3.63, 3.8) is 0 Å². The Morgan fingerprint density at radius 1 is 1.28 bits per heavy atom. The molecule has 1 aromatic rings. The molecule has 2 rings (SSSR count). The van der Waals surface area contributed by atoms with Gasteiger partial charge in [-0.05, 0) is 32.4 Å². The molecule has 25 heavy (non-hydrogen) atoms. The average molecular weight is 411 g/mol. The summed E-state index contributed by atoms with van der Waals surface area (Å²) in [4.78, 5) is 49.2. The summed E-state index contributed by atoms with van der Waals surface area (Å²) in [6.07, 6.45) is -0.617. The number of ether oxygens (including phenoxy) is 1. The Labute approximate surface area is 153 Å². The van der Waals surface area contributed by atoms with Crippen LogP contribution in [0, 0.1) is 0 Å². The Morgan fingerprint density at radius 2 is 1.88 bits per heavy atom. The van der Waals surface area contributed by atoms with Crippen molar-refractivity contribution in [2.75, 3.05) is 6.54 Å². The summed E-state index contributed by atoms with van der Waals surface area (Å²) >= 11 is 3.28. The summed E-state index contributed by atoms with van der Waals surface area (Å²) in [5.41, 5.74) is -0.618. The van der Waals surface area contributed by atoms with E-state index < -0.39 is 36.1 Å². The lowest BCUT2D eigenvalue weighted by molar-refractivity contribution is -0.149. The van der Waals surface area contributed by atoms with Crippen molar-refractivity contribution in [2.45, 2.75) is 38.8 Å². The zero-order valence-electron chi connectivity index (χ0n) is 14.2. The van der Waals surface area contributed by atoms with Crippen molar-refractivity contribution < 1.29 is 23.9 Å². The minimum atomic E-state index is -1.02. The normalized spacial score (nSPS) is 21.0. The highest BCUT2D eigenvalue weighted by Gasteiger charge is 2.47. The smallest absolute Gasteiger partial charge is 0.326 e. The van der Waals surface area contributed by atoms with Crippen LogP contribution in [0.25, 0.3) is 0 Å². The largest absolute Gasteiger partial charge is 0.453 e. The standard InChI is InChI=1S/C17H19BrN2O5/c1-4-17(3)15(23)20(16(24)19-17)9-13(21)25-10(2)14(22)11-5-7-12(18)8-6-11/h5-8,10H,4,9H2,1-3H3,(H,19,24)/t10-,17-/m0/s1. The van der Waals surface area contributed by atoms with E-state index in [4.69, 9.17) is 4.74 Å². The highest BCUT2D eigenvalue weighted by molar-refractivity contribution is 9.10. The number of halogens is 1. The van der Waals surface area contributed by atoms with Crippen LogP contribution in [-0.4, -0.2) is 46.8 Å². The number of benzene rings is 1. The fraction of sp³-hybridized carbons (Fsp3) is 0.412. The number of esters is 1. The van der Waals surface area contributed by atoms with Crippen LogP contribution in [-0.2, 0) is 14.3 Å². The van der Waals surface area contributed by atoms with Gasteiger partial charge in [0.15, 0.2) is 6.10 Å². The molecule has 7 nitrogen and oxygen atoms in total. The number of ketones is 1. The molecule has 8 heteroatoms. The van der Waals surface area contributed by atoms with E-state index in [1.165, 1.54) is 6.92 Å². The number of nitrogens with zero attached hydrogens (tertiary/aromatic N) is 1. The quantitative estimate of drug-likeness (QED) is 0.441. The van der Waals surface area contributed by atoms with Gasteiger partial charge in [0.05, 0.1) is 0 Å². The molecule has 0 radical (unpaired) electrons. The highest BCUT2D eigenvalue weighted by Crippen LogP contribution is 2.20. The maximum absolute atomic E-state index is 12.3. The first-order chi connectivity index (χ1) is 11.7. The molecular weight excluding hydrogens is 392 g/mol. The molecule has 0 bridgehead atoms. The minimum absolute atomic E-state index is 0.364. The summed E-state index contributed by atoms with van der Waals surface area (Å²) in [6.45, 7) is 4.28. The van der Waals surface area contributed by atoms with Gasteiger partial charge in [-0.25, -0.2) is 4.79 Å². The van der Waals surface area contributed by atoms with Crippen LogP contribution in [0.2, 0.25) is 0 Å². The van der Waals surface area contributed by atoms with Gasteiger partial charge in [-0.1, -0.05) is 35.0 Å². The van der Waals surface area contributed by atoms with Crippen molar-refractivity contribution in [3.05, 3.63) is 34.3 Å². The number of hydrogen-bond donors (Lipinski definition) is 1. The molecular formula is C17H19BrN2O5. The minimum Gasteiger partial charge on any atom is -0.453 e. The molecule has 2 atom stereocenters. The van der Waals surface area contributed by atoms with Crippen molar-refractivity contribution in [2.24, 2.45) is 0 Å². The predicted octanol–water partition coefficient (Wildman–Crippen LogP) is 2.28. The first kappa shape index (κ1) is 19.1. The van der Waals surface area contributed by atoms with Gasteiger partial charge in [0.25, 0.3) is 5.91 Å². The van der Waals surface area contributed by atoms with Crippen LogP contribution in [0.3, 0.4) is 0 Å². The fourth-order valence-electron chi connectivity index (χ4n) is 2.40. The third kappa shape index (κ3) is 4.07. The molecule has 1 saturated heterocycles. The molecule has 1 aliphatic heterocycles. The lowest BCUT2D eigenvalue weighted by Gasteiger charge is -2.19. The van der Waals surface area contributed by atoms with Gasteiger partial charge in [-0.15, -0.1) is 0 Å². The topological polar surface area (TPSA) is 92.8 Å². The van der Waals surface area contributed by atoms with Crippen LogP contribution in [0.4, 0.5) is 4.79 Å². The van der Waals surface area contributed by atoms with E-state index in [-0.39, 0.29) is 5.78 Å². The van der Waals surface area contributed by atoms with Crippen LogP contribution in [0.15, 0.2) is 28.7 Å². The highest BCUT2D eigenvalue weighted by atomic mass is 79.9. The summed E-state index contributed by atoms with van der Waals surface area (Å²) < 4.78 is 5.91. The number of nitrogens with one attached hydrogen (secondary N) is 1. The Bertz CT molecular complexity index is 718. The predicted molar refractivity (Wildman–Crippen MR) is 93.0 cm³/mol. The summed E-state index contributed by atoms with van der Waals surface area (Å²) in [7, 11) is 0. The number of Topliss-reactive ketones (excluding diaryl/α,β-unsaturated/α-hetero) is 1. The van der Waals surface area contributed by atoms with Crippen molar-refractivity contribution >= 4 is 39.6 Å². The second-order valence-corrected chi connectivity index (χ2v) is 6.93. The molecule has 134 valence electrons.